The molecule has 0 aliphatic carbocycles. The zero-order valence-electron chi connectivity index (χ0n) is 11.0. The lowest BCUT2D eigenvalue weighted by Crippen LogP contribution is -2.30. The number of nitrogens with zero attached hydrogens (tertiary/aromatic N) is 1. The van der Waals surface area contributed by atoms with E-state index >= 15 is 0 Å². The summed E-state index contributed by atoms with van der Waals surface area (Å²) in [5.41, 5.74) is 0.922. The van der Waals surface area contributed by atoms with Crippen molar-refractivity contribution in [2.24, 2.45) is 0 Å². The predicted molar refractivity (Wildman–Crippen MR) is 75.5 cm³/mol. The van der Waals surface area contributed by atoms with Crippen molar-refractivity contribution >= 4 is 22.8 Å². The van der Waals surface area contributed by atoms with Crippen molar-refractivity contribution in [1.29, 1.82) is 0 Å². The summed E-state index contributed by atoms with van der Waals surface area (Å²) in [6.07, 6.45) is 6.81. The van der Waals surface area contributed by atoms with Crippen LogP contribution in [0.5, 0.6) is 0 Å². The Balaban J connectivity index is 2.42. The molecule has 2 N–H and O–H groups in total. The molecular weight excluding hydrogens is 256 g/mol. The fraction of sp³-hybridized carbons (Fsp3) is 0.200. The Morgan fingerprint density at radius 3 is 2.85 bits per heavy atom. The number of rotatable bonds is 4. The minimum Gasteiger partial charge on any atom is -0.478 e. The molecule has 0 fully saturated rings. The minimum absolute atomic E-state index is 0.169. The molecular formula is C15H14N2O3. The van der Waals surface area contributed by atoms with Crippen molar-refractivity contribution in [3.05, 3.63) is 36.0 Å². The summed E-state index contributed by atoms with van der Waals surface area (Å²) in [6, 6.07) is 6.22. The summed E-state index contributed by atoms with van der Waals surface area (Å²) >= 11 is 0. The smallest absolute Gasteiger partial charge is 0.336 e. The number of carbonyl (C=O) groups excluding carboxylic acids is 1. The number of carbonyl (C=O) groups is 2. The molecule has 1 atom stereocenters. The number of aromatic nitrogens is 1. The fourth-order valence-corrected chi connectivity index (χ4v) is 2.12. The number of nitrogens with one attached hydrogen (secondary N) is 1. The van der Waals surface area contributed by atoms with E-state index in [2.05, 4.69) is 11.2 Å². The van der Waals surface area contributed by atoms with Gasteiger partial charge in [0, 0.05) is 17.1 Å². The lowest BCUT2D eigenvalue weighted by molar-refractivity contribution is -0.123. The number of terminal acetylenes is 1. The van der Waals surface area contributed by atoms with Gasteiger partial charge in [0.15, 0.2) is 0 Å². The molecule has 1 aromatic carbocycles. The van der Waals surface area contributed by atoms with Gasteiger partial charge >= 0.3 is 5.97 Å². The van der Waals surface area contributed by atoms with Crippen LogP contribution >= 0.6 is 0 Å². The van der Waals surface area contributed by atoms with Crippen molar-refractivity contribution in [1.82, 2.24) is 9.88 Å². The Bertz CT molecular complexity index is 709. The van der Waals surface area contributed by atoms with E-state index in [1.165, 1.54) is 6.07 Å². The molecule has 2 aromatic rings. The largest absolute Gasteiger partial charge is 0.478 e. The highest BCUT2D eigenvalue weighted by molar-refractivity contribution is 6.03. The molecule has 0 aliphatic rings. The van der Waals surface area contributed by atoms with E-state index in [1.54, 1.807) is 35.9 Å². The molecule has 0 spiro atoms. The van der Waals surface area contributed by atoms with Crippen molar-refractivity contribution < 1.29 is 14.7 Å². The van der Waals surface area contributed by atoms with Gasteiger partial charge in [0.1, 0.15) is 6.04 Å². The van der Waals surface area contributed by atoms with Crippen LogP contribution in [0.4, 0.5) is 0 Å². The topological polar surface area (TPSA) is 71.3 Å². The normalized spacial score (nSPS) is 11.8. The first-order valence-electron chi connectivity index (χ1n) is 6.10. The molecule has 0 bridgehead atoms. The van der Waals surface area contributed by atoms with E-state index in [-0.39, 0.29) is 18.0 Å². The van der Waals surface area contributed by atoms with Crippen molar-refractivity contribution in [3.63, 3.8) is 0 Å². The van der Waals surface area contributed by atoms with E-state index in [9.17, 15) is 9.59 Å². The van der Waals surface area contributed by atoms with Gasteiger partial charge in [-0.05, 0) is 25.1 Å². The second-order valence-electron chi connectivity index (χ2n) is 4.36. The Kier molecular flexibility index (Phi) is 3.76. The number of benzene rings is 1. The molecule has 1 heterocycles. The van der Waals surface area contributed by atoms with Crippen LogP contribution in [0.25, 0.3) is 10.9 Å². The van der Waals surface area contributed by atoms with Crippen LogP contribution in [0.2, 0.25) is 0 Å². The van der Waals surface area contributed by atoms with Crippen molar-refractivity contribution in [2.75, 3.05) is 6.54 Å². The lowest BCUT2D eigenvalue weighted by atomic mass is 10.1. The van der Waals surface area contributed by atoms with Crippen molar-refractivity contribution in [2.45, 2.75) is 13.0 Å². The summed E-state index contributed by atoms with van der Waals surface area (Å²) in [5.74, 6) is 1.15. The number of amides is 1. The van der Waals surface area contributed by atoms with Gasteiger partial charge in [-0.1, -0.05) is 12.0 Å². The third-order valence-electron chi connectivity index (χ3n) is 3.15. The molecule has 102 valence electrons. The first kappa shape index (κ1) is 13.7. The van der Waals surface area contributed by atoms with E-state index in [1.807, 2.05) is 0 Å². The van der Waals surface area contributed by atoms with E-state index < -0.39 is 12.0 Å². The highest BCUT2D eigenvalue weighted by Crippen LogP contribution is 2.23. The third-order valence-corrected chi connectivity index (χ3v) is 3.15. The SMILES string of the molecule is C#CCNC(=O)C(C)n1ccc2c(C(=O)O)cccc21. The van der Waals surface area contributed by atoms with Crippen LogP contribution in [0, 0.1) is 12.3 Å². The van der Waals surface area contributed by atoms with Crippen LogP contribution in [0.1, 0.15) is 23.3 Å². The van der Waals surface area contributed by atoms with Crippen LogP contribution in [-0.2, 0) is 4.79 Å². The summed E-state index contributed by atoms with van der Waals surface area (Å²) in [7, 11) is 0. The van der Waals surface area contributed by atoms with Crippen LogP contribution in [0.15, 0.2) is 30.5 Å². The maximum absolute atomic E-state index is 11.9. The zero-order chi connectivity index (χ0) is 14.7. The summed E-state index contributed by atoms with van der Waals surface area (Å²) in [6.45, 7) is 1.90. The molecule has 1 aromatic heterocycles. The quantitative estimate of drug-likeness (QED) is 0.830. The first-order chi connectivity index (χ1) is 9.56. The molecule has 0 saturated heterocycles. The number of aromatic carboxylic acids is 1. The van der Waals surface area contributed by atoms with Gasteiger partial charge in [0.25, 0.3) is 0 Å². The predicted octanol–water partition coefficient (Wildman–Crippen LogP) is 1.65. The molecule has 2 rings (SSSR count). The fourth-order valence-electron chi connectivity index (χ4n) is 2.12. The van der Waals surface area contributed by atoms with Gasteiger partial charge in [0.05, 0.1) is 12.1 Å². The highest BCUT2D eigenvalue weighted by atomic mass is 16.4. The van der Waals surface area contributed by atoms with E-state index in [4.69, 9.17) is 11.5 Å². The molecule has 20 heavy (non-hydrogen) atoms. The number of fused-ring (bicyclic) bond motifs is 1. The van der Waals surface area contributed by atoms with Gasteiger partial charge in [-0.3, -0.25) is 4.79 Å². The first-order valence-corrected chi connectivity index (χ1v) is 6.10. The van der Waals surface area contributed by atoms with Crippen molar-refractivity contribution in [3.8, 4) is 12.3 Å². The molecule has 0 saturated carbocycles. The summed E-state index contributed by atoms with van der Waals surface area (Å²) in [4.78, 5) is 23.1. The van der Waals surface area contributed by atoms with Gasteiger partial charge in [-0.2, -0.15) is 0 Å². The summed E-state index contributed by atoms with van der Waals surface area (Å²) < 4.78 is 1.73. The van der Waals surface area contributed by atoms with Crippen LogP contribution < -0.4 is 5.32 Å². The standard InChI is InChI=1S/C15H14N2O3/c1-3-8-16-14(18)10(2)17-9-7-11-12(15(19)20)5-4-6-13(11)17/h1,4-7,9-10H,8H2,2H3,(H,16,18)(H,19,20). The Morgan fingerprint density at radius 2 is 2.20 bits per heavy atom. The molecule has 5 heteroatoms. The number of carboxylic acid groups (broad SMARTS) is 1. The number of hydrogen-bond donors (Lipinski definition) is 2. The van der Waals surface area contributed by atoms with Crippen LogP contribution in [-0.4, -0.2) is 28.1 Å². The Hall–Kier alpha value is -2.74. The molecule has 1 amide bonds. The Morgan fingerprint density at radius 1 is 1.45 bits per heavy atom. The zero-order valence-corrected chi connectivity index (χ0v) is 11.0. The Labute approximate surface area is 116 Å². The average Bonchev–Trinajstić information content (AvgIpc) is 2.87. The maximum Gasteiger partial charge on any atom is 0.336 e. The van der Waals surface area contributed by atoms with Gasteiger partial charge in [0.2, 0.25) is 5.91 Å². The minimum atomic E-state index is -0.988. The maximum atomic E-state index is 11.9. The average molecular weight is 270 g/mol. The molecule has 0 aliphatic heterocycles. The monoisotopic (exact) mass is 270 g/mol. The lowest BCUT2D eigenvalue weighted by Gasteiger charge is -2.14. The molecule has 5 nitrogen and oxygen atoms in total. The van der Waals surface area contributed by atoms with Gasteiger partial charge in [-0.15, -0.1) is 6.42 Å². The number of carboxylic acids is 1. The molecule has 0 radical (unpaired) electrons. The van der Waals surface area contributed by atoms with E-state index in [0.29, 0.717) is 10.9 Å². The third kappa shape index (κ3) is 2.36. The second kappa shape index (κ2) is 5.49. The second-order valence-corrected chi connectivity index (χ2v) is 4.36. The summed E-state index contributed by atoms with van der Waals surface area (Å²) in [5, 5.41) is 12.4. The molecule has 1 unspecified atom stereocenters. The van der Waals surface area contributed by atoms with Gasteiger partial charge in [-0.25, -0.2) is 4.79 Å². The highest BCUT2D eigenvalue weighted by Gasteiger charge is 2.18. The number of hydrogen-bond acceptors (Lipinski definition) is 2. The van der Waals surface area contributed by atoms with Crippen LogP contribution in [0.3, 0.4) is 0 Å². The van der Waals surface area contributed by atoms with E-state index in [0.717, 1.165) is 0 Å². The van der Waals surface area contributed by atoms with Gasteiger partial charge < -0.3 is 15.0 Å².